The number of hydrogen-bond acceptors (Lipinski definition) is 5. The van der Waals surface area contributed by atoms with Crippen LogP contribution in [0.25, 0.3) is 5.76 Å². The van der Waals surface area contributed by atoms with Crippen molar-refractivity contribution in [2.75, 3.05) is 26.2 Å². The summed E-state index contributed by atoms with van der Waals surface area (Å²) in [6.45, 7) is 9.18. The number of likely N-dealkylation sites (tertiary alicyclic amines) is 1. The molecule has 4 rings (SSSR count). The number of phenols is 1. The van der Waals surface area contributed by atoms with E-state index in [1.807, 2.05) is 37.3 Å². The molecule has 3 aromatic rings. The van der Waals surface area contributed by atoms with Gasteiger partial charge >= 0.3 is 0 Å². The quantitative estimate of drug-likeness (QED) is 0.246. The van der Waals surface area contributed by atoms with E-state index in [0.29, 0.717) is 36.6 Å². The molecule has 1 heterocycles. The number of amides is 1. The van der Waals surface area contributed by atoms with Gasteiger partial charge in [0.25, 0.3) is 5.91 Å². The SMILES string of the molecule is CC[NH+](CC)CCN1C(=O)C(=O)C(=C([O-])c2ccc(OCc3ccccc3)c(C)c2)C1c1ccc(O)cc1. The number of hydrogen-bond donors (Lipinski definition) is 2. The number of phenolic OH excluding ortho intramolecular Hbond substituents is 1. The summed E-state index contributed by atoms with van der Waals surface area (Å²) in [5.74, 6) is -1.21. The van der Waals surface area contributed by atoms with Gasteiger partial charge in [0.15, 0.2) is 0 Å². The summed E-state index contributed by atoms with van der Waals surface area (Å²) in [7, 11) is 0. The fourth-order valence-corrected chi connectivity index (χ4v) is 4.83. The number of nitrogens with zero attached hydrogens (tertiary/aromatic N) is 1. The Morgan fingerprint density at radius 1 is 1.00 bits per heavy atom. The number of likely N-dealkylation sites (N-methyl/N-ethyl adjacent to an activating group) is 1. The van der Waals surface area contributed by atoms with Gasteiger partial charge in [-0.25, -0.2) is 0 Å². The van der Waals surface area contributed by atoms with Crippen molar-refractivity contribution >= 4 is 17.4 Å². The monoisotopic (exact) mass is 514 g/mol. The summed E-state index contributed by atoms with van der Waals surface area (Å²) in [6, 6.07) is 20.3. The molecule has 1 atom stereocenters. The number of Topliss-reactive ketones (excluding diaryl/α,β-unsaturated/α-hetero) is 1. The van der Waals surface area contributed by atoms with E-state index < -0.39 is 23.5 Å². The molecule has 0 aliphatic carbocycles. The average Bonchev–Trinajstić information content (AvgIpc) is 3.18. The molecule has 7 nitrogen and oxygen atoms in total. The Morgan fingerprint density at radius 2 is 1.68 bits per heavy atom. The molecule has 3 aromatic carbocycles. The first-order chi connectivity index (χ1) is 18.3. The molecule has 1 amide bonds. The highest BCUT2D eigenvalue weighted by molar-refractivity contribution is 6.46. The zero-order valence-electron chi connectivity index (χ0n) is 22.1. The van der Waals surface area contributed by atoms with Gasteiger partial charge in [0, 0.05) is 5.57 Å². The van der Waals surface area contributed by atoms with Crippen LogP contribution in [0.5, 0.6) is 11.5 Å². The molecule has 38 heavy (non-hydrogen) atoms. The van der Waals surface area contributed by atoms with Gasteiger partial charge in [0.2, 0.25) is 5.78 Å². The molecule has 0 aromatic heterocycles. The van der Waals surface area contributed by atoms with Crippen LogP contribution >= 0.6 is 0 Å². The van der Waals surface area contributed by atoms with Gasteiger partial charge in [0.05, 0.1) is 32.2 Å². The van der Waals surface area contributed by atoms with Gasteiger partial charge in [-0.05, 0) is 67.3 Å². The molecular weight excluding hydrogens is 480 g/mol. The highest BCUT2D eigenvalue weighted by Crippen LogP contribution is 2.39. The van der Waals surface area contributed by atoms with E-state index in [-0.39, 0.29) is 11.3 Å². The number of nitrogens with one attached hydrogen (secondary N) is 1. The fraction of sp³-hybridized carbons (Fsp3) is 0.290. The molecule has 7 heteroatoms. The maximum Gasteiger partial charge on any atom is 0.295 e. The van der Waals surface area contributed by atoms with Gasteiger partial charge in [-0.3, -0.25) is 9.59 Å². The maximum atomic E-state index is 13.8. The molecule has 1 aliphatic heterocycles. The van der Waals surface area contributed by atoms with Crippen LogP contribution in [0, 0.1) is 6.92 Å². The summed E-state index contributed by atoms with van der Waals surface area (Å²) < 4.78 is 5.94. The van der Waals surface area contributed by atoms with Crippen molar-refractivity contribution in [1.29, 1.82) is 0 Å². The van der Waals surface area contributed by atoms with Gasteiger partial charge in [0.1, 0.15) is 18.1 Å². The van der Waals surface area contributed by atoms with E-state index in [1.165, 1.54) is 21.9 Å². The van der Waals surface area contributed by atoms with E-state index >= 15 is 0 Å². The summed E-state index contributed by atoms with van der Waals surface area (Å²) in [5.41, 5.74) is 2.66. The molecular formula is C31H34N2O5. The lowest BCUT2D eigenvalue weighted by Gasteiger charge is -2.28. The van der Waals surface area contributed by atoms with Gasteiger partial charge in [-0.1, -0.05) is 54.3 Å². The number of quaternary nitrogens is 1. The molecule has 0 bridgehead atoms. The first-order valence-electron chi connectivity index (χ1n) is 13.0. The lowest BCUT2D eigenvalue weighted by Crippen LogP contribution is -3.12. The predicted molar refractivity (Wildman–Crippen MR) is 143 cm³/mol. The number of benzene rings is 3. The Bertz CT molecular complexity index is 1310. The van der Waals surface area contributed by atoms with Crippen LogP contribution in [-0.4, -0.2) is 47.9 Å². The van der Waals surface area contributed by atoms with Crippen molar-refractivity contribution in [1.82, 2.24) is 4.90 Å². The molecule has 1 unspecified atom stereocenters. The molecule has 198 valence electrons. The second kappa shape index (κ2) is 12.0. The van der Waals surface area contributed by atoms with Crippen LogP contribution in [0.4, 0.5) is 0 Å². The number of ketones is 1. The normalized spacial score (nSPS) is 16.8. The molecule has 2 N–H and O–H groups in total. The van der Waals surface area contributed by atoms with Crippen LogP contribution in [0.2, 0.25) is 0 Å². The zero-order valence-corrected chi connectivity index (χ0v) is 22.1. The topological polar surface area (TPSA) is 94.3 Å². The second-order valence-corrected chi connectivity index (χ2v) is 9.53. The fourth-order valence-electron chi connectivity index (χ4n) is 4.83. The van der Waals surface area contributed by atoms with E-state index in [9.17, 15) is 19.8 Å². The van der Waals surface area contributed by atoms with Crippen LogP contribution in [0.15, 0.2) is 78.4 Å². The molecule has 0 saturated carbocycles. The highest BCUT2D eigenvalue weighted by Gasteiger charge is 2.44. The minimum atomic E-state index is -0.813. The van der Waals surface area contributed by atoms with E-state index in [0.717, 1.165) is 24.2 Å². The third-order valence-electron chi connectivity index (χ3n) is 7.12. The molecule has 1 aliphatic rings. The largest absolute Gasteiger partial charge is 0.872 e. The van der Waals surface area contributed by atoms with Crippen LogP contribution in [0.1, 0.15) is 42.1 Å². The predicted octanol–water partition coefficient (Wildman–Crippen LogP) is 2.43. The van der Waals surface area contributed by atoms with Crippen molar-refractivity contribution < 1.29 is 29.4 Å². The Balaban J connectivity index is 1.68. The Morgan fingerprint density at radius 3 is 2.32 bits per heavy atom. The molecule has 0 radical (unpaired) electrons. The summed E-state index contributed by atoms with van der Waals surface area (Å²) in [4.78, 5) is 29.2. The minimum absolute atomic E-state index is 0.0624. The zero-order chi connectivity index (χ0) is 27.2. The Labute approximate surface area is 223 Å². The van der Waals surface area contributed by atoms with E-state index in [4.69, 9.17) is 4.74 Å². The van der Waals surface area contributed by atoms with Gasteiger partial charge < -0.3 is 24.7 Å². The van der Waals surface area contributed by atoms with Crippen LogP contribution < -0.4 is 14.7 Å². The molecule has 0 spiro atoms. The molecule has 1 saturated heterocycles. The number of ether oxygens (including phenoxy) is 1. The maximum absolute atomic E-state index is 13.8. The molecule has 1 fully saturated rings. The van der Waals surface area contributed by atoms with Crippen LogP contribution in [0.3, 0.4) is 0 Å². The van der Waals surface area contributed by atoms with Crippen molar-refractivity contribution in [3.8, 4) is 11.5 Å². The number of rotatable bonds is 10. The lowest BCUT2D eigenvalue weighted by molar-refractivity contribution is -0.895. The van der Waals surface area contributed by atoms with Crippen molar-refractivity contribution in [3.05, 3.63) is 101 Å². The summed E-state index contributed by atoms with van der Waals surface area (Å²) >= 11 is 0. The first-order valence-corrected chi connectivity index (χ1v) is 13.0. The van der Waals surface area contributed by atoms with Crippen molar-refractivity contribution in [3.63, 3.8) is 0 Å². The van der Waals surface area contributed by atoms with Crippen molar-refractivity contribution in [2.24, 2.45) is 0 Å². The van der Waals surface area contributed by atoms with Crippen molar-refractivity contribution in [2.45, 2.75) is 33.4 Å². The van der Waals surface area contributed by atoms with Gasteiger partial charge in [-0.2, -0.15) is 0 Å². The van der Waals surface area contributed by atoms with E-state index in [2.05, 4.69) is 13.8 Å². The summed E-state index contributed by atoms with van der Waals surface area (Å²) in [6.07, 6.45) is 0. The standard InChI is InChI=1S/C31H34N2O5/c1-4-32(5-2)17-18-33-28(23-11-14-25(34)15-12-23)27(30(36)31(33)37)29(35)24-13-16-26(21(3)19-24)38-20-22-9-7-6-8-10-22/h6-16,19,28,34-35H,4-5,17-18,20H2,1-3H3. The highest BCUT2D eigenvalue weighted by atomic mass is 16.5. The smallest absolute Gasteiger partial charge is 0.295 e. The lowest BCUT2D eigenvalue weighted by atomic mass is 9.94. The van der Waals surface area contributed by atoms with Gasteiger partial charge in [-0.15, -0.1) is 0 Å². The van der Waals surface area contributed by atoms with Crippen LogP contribution in [-0.2, 0) is 16.2 Å². The third kappa shape index (κ3) is 5.73. The second-order valence-electron chi connectivity index (χ2n) is 9.53. The number of aryl methyl sites for hydroxylation is 1. The number of carbonyl (C=O) groups is 2. The number of carbonyl (C=O) groups excluding carboxylic acids is 2. The Kier molecular flexibility index (Phi) is 8.48. The first kappa shape index (κ1) is 26.9. The summed E-state index contributed by atoms with van der Waals surface area (Å²) in [5, 5.41) is 23.6. The van der Waals surface area contributed by atoms with E-state index in [1.54, 1.807) is 30.3 Å². The minimum Gasteiger partial charge on any atom is -0.872 e. The Hall–Kier alpha value is -4.10. The number of aromatic hydroxyl groups is 1. The third-order valence-corrected chi connectivity index (χ3v) is 7.12. The average molecular weight is 515 g/mol.